The van der Waals surface area contributed by atoms with Crippen LogP contribution in [0, 0.1) is 0 Å². The van der Waals surface area contributed by atoms with Crippen LogP contribution in [0.5, 0.6) is 0 Å². The average Bonchev–Trinajstić information content (AvgIpc) is 3.23. The highest BCUT2D eigenvalue weighted by Gasteiger charge is 2.28. The highest BCUT2D eigenvalue weighted by molar-refractivity contribution is 7.18. The summed E-state index contributed by atoms with van der Waals surface area (Å²) in [6.45, 7) is 3.91. The van der Waals surface area contributed by atoms with Crippen LogP contribution in [0.3, 0.4) is 0 Å². The van der Waals surface area contributed by atoms with Gasteiger partial charge in [0.2, 0.25) is 0 Å². The number of fused-ring (bicyclic) bond motifs is 1. The lowest BCUT2D eigenvalue weighted by Crippen LogP contribution is -3.15. The van der Waals surface area contributed by atoms with Crippen molar-refractivity contribution >= 4 is 38.8 Å². The molecule has 1 saturated heterocycles. The average molecular weight is 361 g/mol. The Bertz CT molecular complexity index is 945. The van der Waals surface area contributed by atoms with Gasteiger partial charge >= 0.3 is 0 Å². The maximum atomic E-state index is 12.7. The van der Waals surface area contributed by atoms with E-state index < -0.39 is 0 Å². The second-order valence-electron chi connectivity index (χ2n) is 5.91. The maximum absolute atomic E-state index is 12.7. The highest BCUT2D eigenvalue weighted by Crippen LogP contribution is 2.33. The molecular weight excluding hydrogens is 344 g/mol. The molecule has 1 fully saturated rings. The van der Waals surface area contributed by atoms with E-state index in [1.807, 2.05) is 29.8 Å². The van der Waals surface area contributed by atoms with E-state index in [4.69, 9.17) is 0 Å². The summed E-state index contributed by atoms with van der Waals surface area (Å²) in [6, 6.07) is 3.96. The summed E-state index contributed by atoms with van der Waals surface area (Å²) in [5, 5.41) is 7.48. The minimum atomic E-state index is -0.104. The molecule has 3 N–H and O–H groups in total. The van der Waals surface area contributed by atoms with Gasteiger partial charge in [-0.15, -0.1) is 22.7 Å². The molecule has 0 spiro atoms. The lowest BCUT2D eigenvalue weighted by atomic mass is 10.2. The number of nitrogens with zero attached hydrogens (tertiary/aromatic N) is 1. The van der Waals surface area contributed by atoms with E-state index in [1.165, 1.54) is 11.3 Å². The third-order valence-electron chi connectivity index (χ3n) is 4.43. The summed E-state index contributed by atoms with van der Waals surface area (Å²) in [5.74, 6) is 0.694. The normalized spacial score (nSPS) is 19.4. The lowest BCUT2D eigenvalue weighted by molar-refractivity contribution is -0.924. The van der Waals surface area contributed by atoms with Crippen LogP contribution in [0.4, 0.5) is 0 Å². The molecule has 3 aromatic heterocycles. The first-order valence-electron chi connectivity index (χ1n) is 7.80. The number of H-pyrrole nitrogens is 1. The van der Waals surface area contributed by atoms with E-state index in [2.05, 4.69) is 15.3 Å². The summed E-state index contributed by atoms with van der Waals surface area (Å²) >= 11 is 3.11. The number of nitrogens with one attached hydrogen (secondary N) is 3. The minimum Gasteiger partial charge on any atom is -0.346 e. The zero-order valence-electron chi connectivity index (χ0n) is 13.1. The smallest absolute Gasteiger partial charge is 0.275 e. The van der Waals surface area contributed by atoms with Gasteiger partial charge in [0.15, 0.2) is 12.4 Å². The Hall–Kier alpha value is -2.03. The van der Waals surface area contributed by atoms with Crippen molar-refractivity contribution in [3.05, 3.63) is 39.1 Å². The van der Waals surface area contributed by atoms with Crippen molar-refractivity contribution in [1.82, 2.24) is 15.3 Å². The summed E-state index contributed by atoms with van der Waals surface area (Å²) in [4.78, 5) is 34.8. The monoisotopic (exact) mass is 361 g/mol. The third-order valence-corrected chi connectivity index (χ3v) is 6.20. The summed E-state index contributed by atoms with van der Waals surface area (Å²) < 4.78 is 0. The molecule has 3 aromatic rings. The first-order valence-corrected chi connectivity index (χ1v) is 9.56. The van der Waals surface area contributed by atoms with Crippen molar-refractivity contribution < 1.29 is 9.69 Å². The van der Waals surface area contributed by atoms with Gasteiger partial charge in [-0.25, -0.2) is 4.98 Å². The number of hydrogen-bond acceptors (Lipinski definition) is 5. The number of quaternary nitrogens is 1. The van der Waals surface area contributed by atoms with Crippen LogP contribution in [-0.2, 0) is 4.79 Å². The van der Waals surface area contributed by atoms with Gasteiger partial charge in [0.1, 0.15) is 10.9 Å². The molecule has 1 amide bonds. The SMILES string of the molecule is C[C@@H](c1nc2scc(-c3cccs3)c2c(=O)[nH]1)[NH+]1CCNC(=O)C1. The first kappa shape index (κ1) is 15.5. The summed E-state index contributed by atoms with van der Waals surface area (Å²) in [6.07, 6.45) is 0. The summed E-state index contributed by atoms with van der Waals surface area (Å²) in [5.41, 5.74) is 0.843. The zero-order valence-corrected chi connectivity index (χ0v) is 14.7. The topological polar surface area (TPSA) is 79.3 Å². The van der Waals surface area contributed by atoms with Crippen LogP contribution in [0.2, 0.25) is 0 Å². The number of carbonyl (C=O) groups excluding carboxylic acids is 1. The molecule has 0 aliphatic carbocycles. The van der Waals surface area contributed by atoms with Crippen LogP contribution in [-0.4, -0.2) is 35.5 Å². The second kappa shape index (κ2) is 6.12. The Morgan fingerprint density at radius 1 is 1.33 bits per heavy atom. The molecule has 2 atom stereocenters. The van der Waals surface area contributed by atoms with Crippen molar-refractivity contribution in [2.45, 2.75) is 13.0 Å². The molecule has 4 rings (SSSR count). The molecule has 0 bridgehead atoms. The number of rotatable bonds is 3. The van der Waals surface area contributed by atoms with Crippen LogP contribution in [0.25, 0.3) is 20.7 Å². The Kier molecular flexibility index (Phi) is 3.95. The number of aromatic nitrogens is 2. The predicted molar refractivity (Wildman–Crippen MR) is 95.7 cm³/mol. The lowest BCUT2D eigenvalue weighted by Gasteiger charge is -2.28. The van der Waals surface area contributed by atoms with Crippen molar-refractivity contribution in [2.24, 2.45) is 0 Å². The Labute approximate surface area is 146 Å². The van der Waals surface area contributed by atoms with Crippen LogP contribution >= 0.6 is 22.7 Å². The molecule has 6 nitrogen and oxygen atoms in total. The van der Waals surface area contributed by atoms with E-state index in [-0.39, 0.29) is 17.5 Å². The number of amides is 1. The molecule has 24 heavy (non-hydrogen) atoms. The van der Waals surface area contributed by atoms with Gasteiger partial charge in [0.05, 0.1) is 18.5 Å². The van der Waals surface area contributed by atoms with Gasteiger partial charge < -0.3 is 15.2 Å². The molecule has 0 aromatic carbocycles. The molecular formula is C16H17N4O2S2+. The van der Waals surface area contributed by atoms with Gasteiger partial charge in [0.25, 0.3) is 11.5 Å². The van der Waals surface area contributed by atoms with Gasteiger partial charge in [-0.2, -0.15) is 0 Å². The minimum absolute atomic E-state index is 0.0274. The molecule has 1 aliphatic rings. The number of thiophene rings is 2. The molecule has 0 radical (unpaired) electrons. The molecule has 0 saturated carbocycles. The van der Waals surface area contributed by atoms with E-state index >= 15 is 0 Å². The second-order valence-corrected chi connectivity index (χ2v) is 7.72. The van der Waals surface area contributed by atoms with Crippen LogP contribution in [0.1, 0.15) is 18.8 Å². The fourth-order valence-corrected chi connectivity index (χ4v) is 4.84. The van der Waals surface area contributed by atoms with Crippen LogP contribution < -0.4 is 15.8 Å². The van der Waals surface area contributed by atoms with Crippen molar-refractivity contribution in [3.63, 3.8) is 0 Å². The van der Waals surface area contributed by atoms with Crippen molar-refractivity contribution in [1.29, 1.82) is 0 Å². The number of piperazine rings is 1. The van der Waals surface area contributed by atoms with Crippen LogP contribution in [0.15, 0.2) is 27.7 Å². The first-order chi connectivity index (χ1) is 11.6. The molecule has 124 valence electrons. The molecule has 8 heteroatoms. The molecule has 1 aliphatic heterocycles. The van der Waals surface area contributed by atoms with Crippen molar-refractivity contribution in [3.8, 4) is 10.4 Å². The van der Waals surface area contributed by atoms with E-state index in [1.54, 1.807) is 11.3 Å². The molecule has 1 unspecified atom stereocenters. The number of hydrogen-bond donors (Lipinski definition) is 3. The molecule has 4 heterocycles. The van der Waals surface area contributed by atoms with E-state index in [0.717, 1.165) is 26.7 Å². The Morgan fingerprint density at radius 3 is 2.96 bits per heavy atom. The fourth-order valence-electron chi connectivity index (χ4n) is 3.07. The van der Waals surface area contributed by atoms with Gasteiger partial charge in [-0.3, -0.25) is 9.59 Å². The maximum Gasteiger partial charge on any atom is 0.275 e. The van der Waals surface area contributed by atoms with E-state index in [9.17, 15) is 9.59 Å². The van der Waals surface area contributed by atoms with Gasteiger partial charge in [-0.05, 0) is 18.4 Å². The van der Waals surface area contributed by atoms with Gasteiger partial charge in [-0.1, -0.05) is 6.07 Å². The van der Waals surface area contributed by atoms with E-state index in [0.29, 0.717) is 24.3 Å². The number of carbonyl (C=O) groups is 1. The largest absolute Gasteiger partial charge is 0.346 e. The number of aromatic amines is 1. The standard InChI is InChI=1S/C16H16N4O2S2/c1-9(20-5-4-17-12(21)7-20)14-18-15(22)13-10(8-24-16(13)19-14)11-3-2-6-23-11/h2-3,6,8-9H,4-5,7H2,1H3,(H,17,21)(H,18,19,22)/p+1/t9-/m0/s1. The Balaban J connectivity index is 1.73. The fraction of sp³-hybridized carbons (Fsp3) is 0.312. The Morgan fingerprint density at radius 2 is 2.21 bits per heavy atom. The quantitative estimate of drug-likeness (QED) is 0.645. The van der Waals surface area contributed by atoms with Gasteiger partial charge in [0, 0.05) is 15.8 Å². The predicted octanol–water partition coefficient (Wildman–Crippen LogP) is 0.789. The highest BCUT2D eigenvalue weighted by atomic mass is 32.1. The summed E-state index contributed by atoms with van der Waals surface area (Å²) in [7, 11) is 0. The van der Waals surface area contributed by atoms with Crippen molar-refractivity contribution in [2.75, 3.05) is 19.6 Å². The zero-order chi connectivity index (χ0) is 16.7. The third kappa shape index (κ3) is 2.66.